The fourth-order valence-electron chi connectivity index (χ4n) is 1.72. The van der Waals surface area contributed by atoms with Crippen molar-refractivity contribution in [3.63, 3.8) is 0 Å². The standard InChI is InChI=1S/C9H15N3O2/c10-8(14)6-1-4-12(6)7(13)5-9(11)2-3-9/h6H,1-5,11H2,(H2,10,14). The van der Waals surface area contributed by atoms with Crippen molar-refractivity contribution in [2.75, 3.05) is 6.54 Å². The van der Waals surface area contributed by atoms with E-state index in [1.54, 1.807) is 0 Å². The highest BCUT2D eigenvalue weighted by Crippen LogP contribution is 2.36. The molecule has 1 saturated heterocycles. The monoisotopic (exact) mass is 197 g/mol. The van der Waals surface area contributed by atoms with Crippen molar-refractivity contribution in [1.82, 2.24) is 4.90 Å². The Morgan fingerprint density at radius 3 is 2.43 bits per heavy atom. The first-order valence-corrected chi connectivity index (χ1v) is 4.89. The van der Waals surface area contributed by atoms with Gasteiger partial charge in [-0.25, -0.2) is 0 Å². The first-order chi connectivity index (χ1) is 6.52. The molecule has 2 rings (SSSR count). The molecule has 0 radical (unpaired) electrons. The van der Waals surface area contributed by atoms with Gasteiger partial charge in [-0.2, -0.15) is 0 Å². The maximum atomic E-state index is 11.6. The molecular weight excluding hydrogens is 182 g/mol. The number of hydrogen-bond donors (Lipinski definition) is 2. The molecule has 4 N–H and O–H groups in total. The molecule has 14 heavy (non-hydrogen) atoms. The minimum atomic E-state index is -0.411. The van der Waals surface area contributed by atoms with Gasteiger partial charge in [0.2, 0.25) is 11.8 Å². The molecule has 2 aliphatic rings. The first kappa shape index (κ1) is 9.45. The number of carbonyl (C=O) groups is 2. The predicted octanol–water partition coefficient (Wildman–Crippen LogP) is -1.05. The van der Waals surface area contributed by atoms with Gasteiger partial charge in [0.25, 0.3) is 0 Å². The van der Waals surface area contributed by atoms with Gasteiger partial charge >= 0.3 is 0 Å². The quantitative estimate of drug-likeness (QED) is 0.605. The number of hydrogen-bond acceptors (Lipinski definition) is 3. The van der Waals surface area contributed by atoms with E-state index in [-0.39, 0.29) is 17.5 Å². The summed E-state index contributed by atoms with van der Waals surface area (Å²) in [5, 5.41) is 0. The summed E-state index contributed by atoms with van der Waals surface area (Å²) in [6.45, 7) is 0.641. The summed E-state index contributed by atoms with van der Waals surface area (Å²) < 4.78 is 0. The number of likely N-dealkylation sites (tertiary alicyclic amines) is 1. The van der Waals surface area contributed by atoms with Crippen molar-refractivity contribution in [1.29, 1.82) is 0 Å². The average molecular weight is 197 g/mol. The van der Waals surface area contributed by atoms with Crippen LogP contribution in [0.3, 0.4) is 0 Å². The van der Waals surface area contributed by atoms with Crippen LogP contribution in [0.25, 0.3) is 0 Å². The van der Waals surface area contributed by atoms with E-state index >= 15 is 0 Å². The van der Waals surface area contributed by atoms with Crippen LogP contribution >= 0.6 is 0 Å². The van der Waals surface area contributed by atoms with Crippen molar-refractivity contribution < 1.29 is 9.59 Å². The molecule has 2 fully saturated rings. The Hall–Kier alpha value is -1.10. The van der Waals surface area contributed by atoms with E-state index in [0.29, 0.717) is 19.4 Å². The molecule has 5 nitrogen and oxygen atoms in total. The Morgan fingerprint density at radius 2 is 2.07 bits per heavy atom. The van der Waals surface area contributed by atoms with Crippen LogP contribution in [0.4, 0.5) is 0 Å². The van der Waals surface area contributed by atoms with Crippen LogP contribution in [-0.4, -0.2) is 34.8 Å². The van der Waals surface area contributed by atoms with Crippen molar-refractivity contribution in [2.45, 2.75) is 37.3 Å². The minimum absolute atomic E-state index is 0.0277. The van der Waals surface area contributed by atoms with Crippen LogP contribution in [0.1, 0.15) is 25.7 Å². The third-order valence-corrected chi connectivity index (χ3v) is 3.06. The summed E-state index contributed by atoms with van der Waals surface area (Å²) in [6.07, 6.45) is 2.87. The molecule has 5 heteroatoms. The number of nitrogens with two attached hydrogens (primary N) is 2. The highest BCUT2D eigenvalue weighted by atomic mass is 16.2. The molecule has 0 bridgehead atoms. The van der Waals surface area contributed by atoms with Crippen molar-refractivity contribution in [3.05, 3.63) is 0 Å². The third-order valence-electron chi connectivity index (χ3n) is 3.06. The molecule has 2 amide bonds. The van der Waals surface area contributed by atoms with Gasteiger partial charge in [0.1, 0.15) is 6.04 Å². The van der Waals surface area contributed by atoms with Crippen molar-refractivity contribution >= 4 is 11.8 Å². The van der Waals surface area contributed by atoms with Crippen LogP contribution in [-0.2, 0) is 9.59 Å². The molecule has 1 aliphatic carbocycles. The normalized spacial score (nSPS) is 28.1. The Morgan fingerprint density at radius 1 is 1.43 bits per heavy atom. The Bertz CT molecular complexity index is 286. The summed E-state index contributed by atoms with van der Waals surface area (Å²) >= 11 is 0. The number of primary amides is 1. The minimum Gasteiger partial charge on any atom is -0.368 e. The SMILES string of the molecule is NC(=O)C1CCN1C(=O)CC1(N)CC1. The summed E-state index contributed by atoms with van der Waals surface area (Å²) in [4.78, 5) is 24.0. The lowest BCUT2D eigenvalue weighted by Crippen LogP contribution is -2.58. The van der Waals surface area contributed by atoms with Gasteiger partial charge in [0.15, 0.2) is 0 Å². The zero-order valence-electron chi connectivity index (χ0n) is 8.03. The van der Waals surface area contributed by atoms with Gasteiger partial charge in [0, 0.05) is 18.5 Å². The molecule has 1 unspecified atom stereocenters. The highest BCUT2D eigenvalue weighted by Gasteiger charge is 2.44. The molecule has 78 valence electrons. The lowest BCUT2D eigenvalue weighted by molar-refractivity contribution is -0.146. The summed E-state index contributed by atoms with van der Waals surface area (Å²) in [6, 6.07) is -0.384. The fourth-order valence-corrected chi connectivity index (χ4v) is 1.72. The summed E-state index contributed by atoms with van der Waals surface area (Å²) in [5.41, 5.74) is 10.7. The lowest BCUT2D eigenvalue weighted by atomic mass is 10.0. The number of nitrogens with zero attached hydrogens (tertiary/aromatic N) is 1. The zero-order chi connectivity index (χ0) is 10.3. The maximum Gasteiger partial charge on any atom is 0.240 e. The van der Waals surface area contributed by atoms with Crippen molar-refractivity contribution in [3.8, 4) is 0 Å². The lowest BCUT2D eigenvalue weighted by Gasteiger charge is -2.39. The largest absolute Gasteiger partial charge is 0.368 e. The average Bonchev–Trinajstić information content (AvgIpc) is 2.62. The van der Waals surface area contributed by atoms with E-state index in [1.165, 1.54) is 4.90 Å². The van der Waals surface area contributed by atoms with Crippen LogP contribution in [0.5, 0.6) is 0 Å². The van der Waals surface area contributed by atoms with E-state index in [4.69, 9.17) is 11.5 Å². The first-order valence-electron chi connectivity index (χ1n) is 4.89. The fraction of sp³-hybridized carbons (Fsp3) is 0.778. The summed E-state index contributed by atoms with van der Waals surface area (Å²) in [7, 11) is 0. The van der Waals surface area contributed by atoms with E-state index in [9.17, 15) is 9.59 Å². The van der Waals surface area contributed by atoms with Gasteiger partial charge in [-0.15, -0.1) is 0 Å². The second kappa shape index (κ2) is 2.95. The molecule has 1 atom stereocenters. The van der Waals surface area contributed by atoms with Crippen LogP contribution < -0.4 is 11.5 Å². The zero-order valence-corrected chi connectivity index (χ0v) is 8.03. The Balaban J connectivity index is 1.89. The predicted molar refractivity (Wildman–Crippen MR) is 50.1 cm³/mol. The van der Waals surface area contributed by atoms with Gasteiger partial charge in [-0.05, 0) is 19.3 Å². The Kier molecular flexibility index (Phi) is 1.99. The molecule has 0 spiro atoms. The molecule has 0 aromatic heterocycles. The molecule has 1 saturated carbocycles. The van der Waals surface area contributed by atoms with Crippen molar-refractivity contribution in [2.24, 2.45) is 11.5 Å². The van der Waals surface area contributed by atoms with Gasteiger partial charge < -0.3 is 16.4 Å². The maximum absolute atomic E-state index is 11.6. The van der Waals surface area contributed by atoms with Crippen LogP contribution in [0.15, 0.2) is 0 Å². The molecular formula is C9H15N3O2. The van der Waals surface area contributed by atoms with E-state index in [2.05, 4.69) is 0 Å². The topological polar surface area (TPSA) is 89.4 Å². The molecule has 0 aromatic carbocycles. The van der Waals surface area contributed by atoms with Gasteiger partial charge in [-0.1, -0.05) is 0 Å². The van der Waals surface area contributed by atoms with Gasteiger partial charge in [0.05, 0.1) is 0 Å². The van der Waals surface area contributed by atoms with Gasteiger partial charge in [-0.3, -0.25) is 9.59 Å². The Labute approximate surface area is 82.4 Å². The second-order valence-corrected chi connectivity index (χ2v) is 4.33. The molecule has 1 heterocycles. The van der Waals surface area contributed by atoms with E-state index in [0.717, 1.165) is 12.8 Å². The van der Waals surface area contributed by atoms with Crippen LogP contribution in [0.2, 0.25) is 0 Å². The third kappa shape index (κ3) is 1.59. The number of rotatable bonds is 3. The molecule has 1 aliphatic heterocycles. The summed E-state index contributed by atoms with van der Waals surface area (Å²) in [5.74, 6) is -0.438. The van der Waals surface area contributed by atoms with Crippen LogP contribution in [0, 0.1) is 0 Å². The van der Waals surface area contributed by atoms with E-state index in [1.807, 2.05) is 0 Å². The molecule has 0 aromatic rings. The highest BCUT2D eigenvalue weighted by molar-refractivity contribution is 5.88. The van der Waals surface area contributed by atoms with E-state index < -0.39 is 5.91 Å². The smallest absolute Gasteiger partial charge is 0.240 e. The number of amides is 2. The number of carbonyl (C=O) groups excluding carboxylic acids is 2. The second-order valence-electron chi connectivity index (χ2n) is 4.33.